The van der Waals surface area contributed by atoms with E-state index in [0.717, 1.165) is 90.8 Å². The van der Waals surface area contributed by atoms with Crippen molar-refractivity contribution in [2.24, 2.45) is 0 Å². The fourth-order valence-electron chi connectivity index (χ4n) is 5.78. The Morgan fingerprint density at radius 2 is 1.88 bits per heavy atom. The van der Waals surface area contributed by atoms with Crippen molar-refractivity contribution >= 4 is 28.2 Å². The van der Waals surface area contributed by atoms with Crippen molar-refractivity contribution in [1.29, 1.82) is 0 Å². The van der Waals surface area contributed by atoms with Crippen molar-refractivity contribution in [2.45, 2.75) is 51.0 Å². The van der Waals surface area contributed by atoms with E-state index < -0.39 is 0 Å². The molecule has 1 aromatic carbocycles. The second-order valence-electron chi connectivity index (χ2n) is 10.9. The minimum atomic E-state index is 0.178. The van der Waals surface area contributed by atoms with E-state index in [1.165, 1.54) is 0 Å². The molecule has 0 amide bonds. The van der Waals surface area contributed by atoms with Gasteiger partial charge in [-0.2, -0.15) is 0 Å². The van der Waals surface area contributed by atoms with Gasteiger partial charge in [0.05, 0.1) is 19.2 Å². The number of hydrogen-bond acceptors (Lipinski definition) is 8. The Labute approximate surface area is 238 Å². The third-order valence-corrected chi connectivity index (χ3v) is 8.20. The molecule has 9 heteroatoms. The first-order valence-corrected chi connectivity index (χ1v) is 14.3. The molecule has 2 saturated heterocycles. The molecular formula is C32H32N6O3. The van der Waals surface area contributed by atoms with Crippen LogP contribution in [0.15, 0.2) is 67.0 Å². The highest BCUT2D eigenvalue weighted by atomic mass is 16.5. The van der Waals surface area contributed by atoms with Crippen molar-refractivity contribution < 1.29 is 14.3 Å². The number of imidazole rings is 1. The molecule has 0 bridgehead atoms. The van der Waals surface area contributed by atoms with Gasteiger partial charge in [0.2, 0.25) is 5.88 Å². The Morgan fingerprint density at radius 1 is 0.976 bits per heavy atom. The monoisotopic (exact) mass is 548 g/mol. The smallest absolute Gasteiger partial charge is 0.213 e. The van der Waals surface area contributed by atoms with Gasteiger partial charge in [0.15, 0.2) is 11.9 Å². The summed E-state index contributed by atoms with van der Waals surface area (Å²) >= 11 is 0. The van der Waals surface area contributed by atoms with Gasteiger partial charge in [0.25, 0.3) is 0 Å². The zero-order valence-electron chi connectivity index (χ0n) is 22.9. The maximum Gasteiger partial charge on any atom is 0.213 e. The first kappa shape index (κ1) is 25.7. The summed E-state index contributed by atoms with van der Waals surface area (Å²) in [5, 5.41) is 2.28. The highest BCUT2D eigenvalue weighted by Crippen LogP contribution is 2.29. The molecule has 7 rings (SSSR count). The molecule has 5 aromatic rings. The van der Waals surface area contributed by atoms with Crippen LogP contribution in [0.4, 0.5) is 0 Å². The number of likely N-dealkylation sites (tertiary alicyclic amines) is 1. The Kier molecular flexibility index (Phi) is 7.12. The van der Waals surface area contributed by atoms with Crippen LogP contribution in [-0.4, -0.2) is 61.5 Å². The third kappa shape index (κ3) is 5.55. The number of ether oxygens (including phenoxy) is 2. The van der Waals surface area contributed by atoms with Crippen LogP contribution in [0, 0.1) is 0 Å². The van der Waals surface area contributed by atoms with E-state index in [4.69, 9.17) is 19.4 Å². The molecule has 208 valence electrons. The standard InChI is InChI=1S/C32H32N6O3/c39-20-26-6-7-29-32(34-26)38(18-27-11-15-40-27)30(35-29)19-37-13-9-23(10-14-37)28-2-1-3-31(36-28)41-21-22-4-5-25-17-33-12-8-24(25)16-22/h1-8,12,16-17,20,23,27H,9-11,13-15,18-19,21H2. The van der Waals surface area contributed by atoms with Gasteiger partial charge in [-0.3, -0.25) is 14.7 Å². The van der Waals surface area contributed by atoms with Gasteiger partial charge >= 0.3 is 0 Å². The number of carbonyl (C=O) groups excluding carboxylic acids is 1. The van der Waals surface area contributed by atoms with E-state index in [2.05, 4.69) is 43.7 Å². The molecule has 2 fully saturated rings. The predicted octanol–water partition coefficient (Wildman–Crippen LogP) is 4.93. The Balaban J connectivity index is 0.994. The van der Waals surface area contributed by atoms with Gasteiger partial charge in [0.1, 0.15) is 23.6 Å². The number of nitrogens with zero attached hydrogens (tertiary/aromatic N) is 6. The molecule has 2 aliphatic rings. The minimum Gasteiger partial charge on any atom is -0.473 e. The first-order valence-electron chi connectivity index (χ1n) is 14.3. The summed E-state index contributed by atoms with van der Waals surface area (Å²) in [6.07, 6.45) is 7.73. The highest BCUT2D eigenvalue weighted by Gasteiger charge is 2.26. The number of benzene rings is 1. The van der Waals surface area contributed by atoms with E-state index >= 15 is 0 Å². The number of carbonyl (C=O) groups is 1. The molecule has 1 atom stereocenters. The highest BCUT2D eigenvalue weighted by molar-refractivity contribution is 5.82. The lowest BCUT2D eigenvalue weighted by atomic mass is 9.93. The number of piperidine rings is 1. The molecule has 0 saturated carbocycles. The number of aldehydes is 1. The molecule has 0 aliphatic carbocycles. The maximum absolute atomic E-state index is 11.3. The Bertz CT molecular complexity index is 1690. The summed E-state index contributed by atoms with van der Waals surface area (Å²) in [6.45, 7) is 4.65. The summed E-state index contributed by atoms with van der Waals surface area (Å²) in [5.41, 5.74) is 4.20. The van der Waals surface area contributed by atoms with Crippen molar-refractivity contribution in [1.82, 2.24) is 29.4 Å². The average Bonchev–Trinajstić information content (AvgIpc) is 3.34. The van der Waals surface area contributed by atoms with Crippen LogP contribution in [0.25, 0.3) is 21.9 Å². The SMILES string of the molecule is O=Cc1ccc2nc(CN3CCC(c4cccc(OCc5ccc6cnccc6c5)n4)CC3)n(CC3CCO3)c2n1. The van der Waals surface area contributed by atoms with E-state index in [1.54, 1.807) is 6.07 Å². The van der Waals surface area contributed by atoms with Gasteiger partial charge in [-0.15, -0.1) is 0 Å². The summed E-state index contributed by atoms with van der Waals surface area (Å²) in [5.74, 6) is 2.03. The molecule has 6 heterocycles. The molecule has 0 N–H and O–H groups in total. The molecule has 41 heavy (non-hydrogen) atoms. The number of hydrogen-bond donors (Lipinski definition) is 0. The van der Waals surface area contributed by atoms with Gasteiger partial charge < -0.3 is 14.0 Å². The van der Waals surface area contributed by atoms with E-state index in [9.17, 15) is 4.79 Å². The maximum atomic E-state index is 11.3. The van der Waals surface area contributed by atoms with Crippen molar-refractivity contribution in [3.05, 3.63) is 89.8 Å². The van der Waals surface area contributed by atoms with Gasteiger partial charge in [-0.25, -0.2) is 15.0 Å². The van der Waals surface area contributed by atoms with E-state index in [0.29, 0.717) is 30.6 Å². The lowest BCUT2D eigenvalue weighted by Crippen LogP contribution is -2.35. The van der Waals surface area contributed by atoms with Crippen LogP contribution >= 0.6 is 0 Å². The van der Waals surface area contributed by atoms with Crippen LogP contribution in [0.3, 0.4) is 0 Å². The fraction of sp³-hybridized carbons (Fsp3) is 0.344. The van der Waals surface area contributed by atoms with Gasteiger partial charge in [-0.1, -0.05) is 18.2 Å². The lowest BCUT2D eigenvalue weighted by molar-refractivity contribution is -0.0593. The Hall–Kier alpha value is -4.21. The van der Waals surface area contributed by atoms with Crippen molar-refractivity contribution in [2.75, 3.05) is 19.7 Å². The van der Waals surface area contributed by atoms with Crippen LogP contribution < -0.4 is 4.74 Å². The normalized spacial score (nSPS) is 18.0. The molecule has 0 spiro atoms. The molecule has 9 nitrogen and oxygen atoms in total. The number of aromatic nitrogens is 5. The quantitative estimate of drug-likeness (QED) is 0.239. The van der Waals surface area contributed by atoms with Crippen molar-refractivity contribution in [3.63, 3.8) is 0 Å². The first-order chi connectivity index (χ1) is 20.2. The summed E-state index contributed by atoms with van der Waals surface area (Å²) < 4.78 is 13.9. The summed E-state index contributed by atoms with van der Waals surface area (Å²) in [7, 11) is 0. The summed E-state index contributed by atoms with van der Waals surface area (Å²) in [6, 6.07) is 18.0. The molecule has 4 aromatic heterocycles. The van der Waals surface area contributed by atoms with E-state index in [1.807, 2.05) is 36.7 Å². The molecule has 2 aliphatic heterocycles. The average molecular weight is 549 g/mol. The predicted molar refractivity (Wildman–Crippen MR) is 155 cm³/mol. The second-order valence-corrected chi connectivity index (χ2v) is 10.9. The van der Waals surface area contributed by atoms with E-state index in [-0.39, 0.29) is 6.10 Å². The zero-order valence-corrected chi connectivity index (χ0v) is 22.9. The zero-order chi connectivity index (χ0) is 27.6. The summed E-state index contributed by atoms with van der Waals surface area (Å²) in [4.78, 5) is 32.3. The second kappa shape index (κ2) is 11.3. The Morgan fingerprint density at radius 3 is 2.71 bits per heavy atom. The molecule has 0 radical (unpaired) electrons. The van der Waals surface area contributed by atoms with Crippen LogP contribution in [-0.2, 0) is 24.4 Å². The van der Waals surface area contributed by atoms with Gasteiger partial charge in [0, 0.05) is 42.1 Å². The largest absolute Gasteiger partial charge is 0.473 e. The minimum absolute atomic E-state index is 0.178. The fourth-order valence-corrected chi connectivity index (χ4v) is 5.78. The number of rotatable bonds is 9. The van der Waals surface area contributed by atoms with Crippen LogP contribution in [0.5, 0.6) is 5.88 Å². The molecule has 1 unspecified atom stereocenters. The van der Waals surface area contributed by atoms with Crippen molar-refractivity contribution in [3.8, 4) is 5.88 Å². The third-order valence-electron chi connectivity index (χ3n) is 8.20. The number of fused-ring (bicyclic) bond motifs is 2. The lowest BCUT2D eigenvalue weighted by Gasteiger charge is -2.32. The topological polar surface area (TPSA) is 95.3 Å². The molecular weight excluding hydrogens is 516 g/mol. The van der Waals surface area contributed by atoms with Crippen LogP contribution in [0.1, 0.15) is 52.8 Å². The number of pyridine rings is 3. The van der Waals surface area contributed by atoms with Crippen LogP contribution in [0.2, 0.25) is 0 Å². The van der Waals surface area contributed by atoms with Gasteiger partial charge in [-0.05, 0) is 73.6 Å².